The lowest BCUT2D eigenvalue weighted by atomic mass is 9.97. The first-order valence-corrected chi connectivity index (χ1v) is 7.68. The summed E-state index contributed by atoms with van der Waals surface area (Å²) < 4.78 is 3.88. The molecule has 5 heteroatoms. The summed E-state index contributed by atoms with van der Waals surface area (Å²) in [6, 6.07) is 13.8. The standard InChI is InChI=1S/C17H10N2O2S/c20-16-12-6-13-14(22-19-18-13)7-11(12)10-5-4-8-2-1-3-9(8)15(10)17(16)21/h1-7,19-21H. The zero-order chi connectivity index (χ0) is 14.8. The second-order valence-corrected chi connectivity index (χ2v) is 6.21. The van der Waals surface area contributed by atoms with Crippen LogP contribution in [0.15, 0.2) is 42.5 Å². The lowest BCUT2D eigenvalue weighted by molar-refractivity contribution is 0.413. The monoisotopic (exact) mass is 306 g/mol. The van der Waals surface area contributed by atoms with Gasteiger partial charge >= 0.3 is 0 Å². The first-order chi connectivity index (χ1) is 10.7. The van der Waals surface area contributed by atoms with Gasteiger partial charge in [-0.1, -0.05) is 30.3 Å². The van der Waals surface area contributed by atoms with Crippen LogP contribution in [0.5, 0.6) is 11.5 Å². The smallest absolute Gasteiger partial charge is 0.166 e. The molecule has 4 aromatic carbocycles. The van der Waals surface area contributed by atoms with Gasteiger partial charge in [0.15, 0.2) is 11.5 Å². The summed E-state index contributed by atoms with van der Waals surface area (Å²) in [4.78, 5) is 0. The maximum atomic E-state index is 10.5. The van der Waals surface area contributed by atoms with Crippen LogP contribution in [0.3, 0.4) is 0 Å². The number of aromatic hydroxyl groups is 2. The number of aromatic nitrogens is 2. The molecule has 1 aromatic heterocycles. The first kappa shape index (κ1) is 11.8. The fourth-order valence-corrected chi connectivity index (χ4v) is 3.84. The van der Waals surface area contributed by atoms with Crippen molar-refractivity contribution in [1.29, 1.82) is 0 Å². The number of fused-ring (bicyclic) bond motifs is 6. The van der Waals surface area contributed by atoms with E-state index in [1.54, 1.807) is 6.07 Å². The predicted octanol–water partition coefficient (Wildman–Crippen LogP) is 4.50. The molecule has 0 aliphatic heterocycles. The number of H-pyrrole nitrogens is 1. The molecule has 0 atom stereocenters. The lowest BCUT2D eigenvalue weighted by Crippen LogP contribution is -1.83. The Morgan fingerprint density at radius 1 is 0.864 bits per heavy atom. The van der Waals surface area contributed by atoms with Gasteiger partial charge in [0, 0.05) is 10.8 Å². The Bertz CT molecular complexity index is 1200. The van der Waals surface area contributed by atoms with Crippen LogP contribution in [0.2, 0.25) is 0 Å². The highest BCUT2D eigenvalue weighted by Crippen LogP contribution is 2.46. The van der Waals surface area contributed by atoms with Gasteiger partial charge in [-0.25, -0.2) is 4.49 Å². The number of benzene rings is 3. The molecule has 0 saturated heterocycles. The molecule has 5 aromatic rings. The molecule has 0 saturated carbocycles. The van der Waals surface area contributed by atoms with Crippen molar-refractivity contribution in [3.63, 3.8) is 0 Å². The molecule has 0 aliphatic rings. The van der Waals surface area contributed by atoms with Gasteiger partial charge in [0.1, 0.15) is 5.52 Å². The van der Waals surface area contributed by atoms with Crippen molar-refractivity contribution < 1.29 is 10.2 Å². The summed E-state index contributed by atoms with van der Waals surface area (Å²) >= 11 is 1.45. The van der Waals surface area contributed by atoms with Crippen molar-refractivity contribution in [2.24, 2.45) is 0 Å². The molecule has 0 unspecified atom stereocenters. The van der Waals surface area contributed by atoms with Crippen LogP contribution >= 0.6 is 11.5 Å². The van der Waals surface area contributed by atoms with E-state index in [2.05, 4.69) is 9.59 Å². The number of nitrogens with one attached hydrogen (secondary N) is 1. The average molecular weight is 306 g/mol. The predicted molar refractivity (Wildman–Crippen MR) is 89.8 cm³/mol. The van der Waals surface area contributed by atoms with Gasteiger partial charge in [-0.05, 0) is 45.2 Å². The molecular weight excluding hydrogens is 296 g/mol. The highest BCUT2D eigenvalue weighted by molar-refractivity contribution is 7.13. The van der Waals surface area contributed by atoms with E-state index in [0.29, 0.717) is 10.8 Å². The molecule has 0 aliphatic carbocycles. The van der Waals surface area contributed by atoms with E-state index < -0.39 is 0 Å². The number of hydrogen-bond donors (Lipinski definition) is 3. The molecule has 5 rings (SSSR count). The van der Waals surface area contributed by atoms with E-state index in [-0.39, 0.29) is 11.5 Å². The van der Waals surface area contributed by atoms with Crippen LogP contribution in [0.25, 0.3) is 42.5 Å². The van der Waals surface area contributed by atoms with Crippen LogP contribution in [0.4, 0.5) is 0 Å². The van der Waals surface area contributed by atoms with Gasteiger partial charge in [0.25, 0.3) is 0 Å². The number of aromatic amines is 1. The van der Waals surface area contributed by atoms with Crippen molar-refractivity contribution >= 4 is 54.1 Å². The normalized spacial score (nSPS) is 12.0. The lowest BCUT2D eigenvalue weighted by Gasteiger charge is -2.10. The fraction of sp³-hybridized carbons (Fsp3) is 0. The number of hydrogen-bond acceptors (Lipinski definition) is 4. The zero-order valence-corrected chi connectivity index (χ0v) is 12.1. The van der Waals surface area contributed by atoms with Crippen molar-refractivity contribution in [2.45, 2.75) is 0 Å². The van der Waals surface area contributed by atoms with Gasteiger partial charge in [-0.15, -0.1) is 0 Å². The summed E-state index contributed by atoms with van der Waals surface area (Å²) in [5.74, 6) is -0.163. The van der Waals surface area contributed by atoms with Gasteiger partial charge < -0.3 is 10.2 Å². The average Bonchev–Trinajstić information content (AvgIpc) is 3.18. The number of rotatable bonds is 0. The highest BCUT2D eigenvalue weighted by atomic mass is 32.1. The van der Waals surface area contributed by atoms with Gasteiger partial charge in [-0.2, -0.15) is 5.10 Å². The van der Waals surface area contributed by atoms with E-state index in [0.717, 1.165) is 31.8 Å². The van der Waals surface area contributed by atoms with Crippen molar-refractivity contribution in [3.05, 3.63) is 42.5 Å². The third kappa shape index (κ3) is 1.33. The van der Waals surface area contributed by atoms with Crippen LogP contribution in [-0.4, -0.2) is 19.8 Å². The molecule has 106 valence electrons. The zero-order valence-electron chi connectivity index (χ0n) is 11.3. The molecular formula is C17H10N2O2S. The van der Waals surface area contributed by atoms with Crippen molar-refractivity contribution in [2.75, 3.05) is 0 Å². The molecule has 22 heavy (non-hydrogen) atoms. The van der Waals surface area contributed by atoms with E-state index in [9.17, 15) is 10.2 Å². The molecule has 0 radical (unpaired) electrons. The minimum atomic E-state index is -0.0916. The fourth-order valence-electron chi connectivity index (χ4n) is 3.21. The maximum Gasteiger partial charge on any atom is 0.166 e. The number of nitrogens with zero attached hydrogens (tertiary/aromatic N) is 1. The van der Waals surface area contributed by atoms with Crippen molar-refractivity contribution in [1.82, 2.24) is 9.59 Å². The van der Waals surface area contributed by atoms with Crippen LogP contribution in [0, 0.1) is 0 Å². The Hall–Kier alpha value is -2.79. The molecule has 0 spiro atoms. The Morgan fingerprint density at radius 3 is 2.68 bits per heavy atom. The number of phenolic OH excluding ortho intramolecular Hbond substituents is 2. The van der Waals surface area contributed by atoms with Crippen LogP contribution < -0.4 is 0 Å². The Morgan fingerprint density at radius 2 is 1.77 bits per heavy atom. The van der Waals surface area contributed by atoms with E-state index in [4.69, 9.17) is 0 Å². The Kier molecular flexibility index (Phi) is 2.09. The molecule has 3 N–H and O–H groups in total. The van der Waals surface area contributed by atoms with Gasteiger partial charge in [-0.3, -0.25) is 0 Å². The highest BCUT2D eigenvalue weighted by Gasteiger charge is 2.16. The Balaban J connectivity index is 2.15. The van der Waals surface area contributed by atoms with Crippen LogP contribution in [0.1, 0.15) is 0 Å². The Labute approximate surface area is 128 Å². The quantitative estimate of drug-likeness (QED) is 0.291. The van der Waals surface area contributed by atoms with E-state index >= 15 is 0 Å². The van der Waals surface area contributed by atoms with Crippen LogP contribution in [-0.2, 0) is 0 Å². The van der Waals surface area contributed by atoms with E-state index in [1.165, 1.54) is 11.5 Å². The molecule has 0 fully saturated rings. The number of phenols is 2. The molecule has 0 amide bonds. The summed E-state index contributed by atoms with van der Waals surface area (Å²) in [6.45, 7) is 0. The third-order valence-corrected chi connectivity index (χ3v) is 4.97. The SMILES string of the molecule is Oc1c(O)c2c3cccc3ccc2c2cc3s[nH]nc3cc12. The van der Waals surface area contributed by atoms with E-state index in [1.807, 2.05) is 36.4 Å². The van der Waals surface area contributed by atoms with Gasteiger partial charge in [0.2, 0.25) is 0 Å². The first-order valence-electron chi connectivity index (χ1n) is 6.86. The molecule has 1 heterocycles. The summed E-state index contributed by atoms with van der Waals surface area (Å²) in [5, 5.41) is 30.3. The topological polar surface area (TPSA) is 69.1 Å². The molecule has 0 bridgehead atoms. The molecule has 4 nitrogen and oxygen atoms in total. The third-order valence-electron chi connectivity index (χ3n) is 4.25. The summed E-state index contributed by atoms with van der Waals surface area (Å²) in [7, 11) is 0. The minimum absolute atomic E-state index is 0.0714. The summed E-state index contributed by atoms with van der Waals surface area (Å²) in [5.41, 5.74) is 0.779. The van der Waals surface area contributed by atoms with Crippen molar-refractivity contribution in [3.8, 4) is 11.5 Å². The largest absolute Gasteiger partial charge is 0.504 e. The summed E-state index contributed by atoms with van der Waals surface area (Å²) in [6.07, 6.45) is 0. The maximum absolute atomic E-state index is 10.5. The second kappa shape index (κ2) is 3.90. The second-order valence-electron chi connectivity index (χ2n) is 5.38. The minimum Gasteiger partial charge on any atom is -0.504 e. The van der Waals surface area contributed by atoms with Gasteiger partial charge in [0.05, 0.1) is 4.70 Å².